The van der Waals surface area contributed by atoms with E-state index in [0.717, 1.165) is 0 Å². The predicted molar refractivity (Wildman–Crippen MR) is 73.6 cm³/mol. The third kappa shape index (κ3) is 2.01. The van der Waals surface area contributed by atoms with Gasteiger partial charge in [0.05, 0.1) is 5.56 Å². The van der Waals surface area contributed by atoms with Gasteiger partial charge in [-0.1, -0.05) is 17.7 Å². The summed E-state index contributed by atoms with van der Waals surface area (Å²) in [5.41, 5.74) is 0.880. The van der Waals surface area contributed by atoms with E-state index in [1.807, 2.05) is 0 Å². The van der Waals surface area contributed by atoms with E-state index in [2.05, 4.69) is 31.1 Å². The normalized spacial score (nSPS) is 11.2. The van der Waals surface area contributed by atoms with E-state index in [0.29, 0.717) is 32.5 Å². The summed E-state index contributed by atoms with van der Waals surface area (Å²) in [7, 11) is 0. The minimum Gasteiger partial charge on any atom is -0.262 e. The number of aryl methyl sites for hydroxylation is 1. The zero-order valence-corrected chi connectivity index (χ0v) is 12.1. The summed E-state index contributed by atoms with van der Waals surface area (Å²) in [6.45, 7) is 1.76. The topological polar surface area (TPSA) is 43.1 Å². The van der Waals surface area contributed by atoms with Gasteiger partial charge in [0.15, 0.2) is 11.5 Å². The fourth-order valence-electron chi connectivity index (χ4n) is 1.93. The molecule has 0 radical (unpaired) electrons. The van der Waals surface area contributed by atoms with Gasteiger partial charge in [-0.2, -0.15) is 0 Å². The second kappa shape index (κ2) is 4.54. The van der Waals surface area contributed by atoms with Crippen molar-refractivity contribution in [3.05, 3.63) is 45.5 Å². The highest BCUT2D eigenvalue weighted by Crippen LogP contribution is 2.30. The van der Waals surface area contributed by atoms with Crippen molar-refractivity contribution in [3.8, 4) is 11.4 Å². The monoisotopic (exact) mass is 340 g/mol. The van der Waals surface area contributed by atoms with Gasteiger partial charge < -0.3 is 0 Å². The molecule has 19 heavy (non-hydrogen) atoms. The van der Waals surface area contributed by atoms with Crippen LogP contribution in [0.2, 0.25) is 5.15 Å². The lowest BCUT2D eigenvalue weighted by atomic mass is 10.2. The van der Waals surface area contributed by atoms with Gasteiger partial charge in [-0.05, 0) is 35.0 Å². The van der Waals surface area contributed by atoms with Crippen molar-refractivity contribution in [1.29, 1.82) is 0 Å². The van der Waals surface area contributed by atoms with Crippen molar-refractivity contribution in [2.24, 2.45) is 0 Å². The number of benzene rings is 1. The van der Waals surface area contributed by atoms with Crippen molar-refractivity contribution < 1.29 is 4.39 Å². The van der Waals surface area contributed by atoms with Crippen LogP contribution in [0.5, 0.6) is 0 Å². The van der Waals surface area contributed by atoms with Gasteiger partial charge in [-0.25, -0.2) is 9.37 Å². The first kappa shape index (κ1) is 12.5. The van der Waals surface area contributed by atoms with Gasteiger partial charge in [-0.3, -0.25) is 4.40 Å². The van der Waals surface area contributed by atoms with E-state index < -0.39 is 0 Å². The van der Waals surface area contributed by atoms with Gasteiger partial charge in [0.25, 0.3) is 0 Å². The molecule has 96 valence electrons. The number of hydrogen-bond donors (Lipinski definition) is 0. The molecule has 2 heterocycles. The standard InChI is InChI=1S/C12H7BrClFN4/c1-6-16-9(14)5-10-17-18-12(19(6)10)11-7(13)3-2-4-8(11)15/h2-5H,1H3. The Balaban J connectivity index is 2.38. The van der Waals surface area contributed by atoms with Gasteiger partial charge >= 0.3 is 0 Å². The van der Waals surface area contributed by atoms with Crippen molar-refractivity contribution in [1.82, 2.24) is 19.6 Å². The molecule has 0 spiro atoms. The first-order valence-corrected chi connectivity index (χ1v) is 6.57. The second-order valence-electron chi connectivity index (χ2n) is 3.94. The van der Waals surface area contributed by atoms with Gasteiger partial charge in [0.2, 0.25) is 0 Å². The number of halogens is 3. The fraction of sp³-hybridized carbons (Fsp3) is 0.0833. The summed E-state index contributed by atoms with van der Waals surface area (Å²) >= 11 is 9.19. The fourth-order valence-corrected chi connectivity index (χ4v) is 2.66. The van der Waals surface area contributed by atoms with Crippen LogP contribution in [0.15, 0.2) is 28.7 Å². The number of aromatic nitrogens is 4. The van der Waals surface area contributed by atoms with Gasteiger partial charge in [0.1, 0.15) is 16.8 Å². The highest BCUT2D eigenvalue weighted by molar-refractivity contribution is 9.10. The largest absolute Gasteiger partial charge is 0.262 e. The lowest BCUT2D eigenvalue weighted by Gasteiger charge is -2.06. The molecular formula is C12H7BrClFN4. The molecule has 4 nitrogen and oxygen atoms in total. The zero-order valence-electron chi connectivity index (χ0n) is 9.73. The number of hydrogen-bond acceptors (Lipinski definition) is 3. The predicted octanol–water partition coefficient (Wildman–Crippen LogP) is 3.65. The average Bonchev–Trinajstić information content (AvgIpc) is 2.72. The molecule has 0 N–H and O–H groups in total. The molecule has 0 amide bonds. The van der Waals surface area contributed by atoms with Crippen LogP contribution in [0, 0.1) is 12.7 Å². The molecule has 0 saturated heterocycles. The van der Waals surface area contributed by atoms with Crippen molar-refractivity contribution in [2.45, 2.75) is 6.92 Å². The molecule has 2 aromatic heterocycles. The number of nitrogens with zero attached hydrogens (tertiary/aromatic N) is 4. The summed E-state index contributed by atoms with van der Waals surface area (Å²) in [5.74, 6) is 0.609. The highest BCUT2D eigenvalue weighted by Gasteiger charge is 2.17. The third-order valence-electron chi connectivity index (χ3n) is 2.71. The summed E-state index contributed by atoms with van der Waals surface area (Å²) in [4.78, 5) is 4.13. The minimum absolute atomic E-state index is 0.330. The molecule has 0 bridgehead atoms. The Bertz CT molecular complexity index is 766. The van der Waals surface area contributed by atoms with E-state index in [1.54, 1.807) is 29.5 Å². The zero-order chi connectivity index (χ0) is 13.6. The van der Waals surface area contributed by atoms with Crippen LogP contribution in [0.1, 0.15) is 5.82 Å². The van der Waals surface area contributed by atoms with Gasteiger partial charge in [-0.15, -0.1) is 10.2 Å². The molecule has 0 atom stereocenters. The maximum Gasteiger partial charge on any atom is 0.173 e. The Morgan fingerprint density at radius 1 is 1.32 bits per heavy atom. The van der Waals surface area contributed by atoms with Crippen LogP contribution < -0.4 is 0 Å². The Labute approximate surface area is 121 Å². The number of rotatable bonds is 1. The highest BCUT2D eigenvalue weighted by atomic mass is 79.9. The molecule has 0 aliphatic heterocycles. The van der Waals surface area contributed by atoms with E-state index in [9.17, 15) is 4.39 Å². The van der Waals surface area contributed by atoms with Crippen LogP contribution in [-0.4, -0.2) is 19.6 Å². The Kier molecular flexibility index (Phi) is 2.99. The average molecular weight is 342 g/mol. The molecule has 3 aromatic rings. The molecule has 3 rings (SSSR count). The van der Waals surface area contributed by atoms with Crippen LogP contribution in [0.3, 0.4) is 0 Å². The van der Waals surface area contributed by atoms with Crippen molar-refractivity contribution >= 4 is 33.2 Å². The van der Waals surface area contributed by atoms with Gasteiger partial charge in [0, 0.05) is 10.5 Å². The Morgan fingerprint density at radius 3 is 2.84 bits per heavy atom. The maximum atomic E-state index is 14.0. The van der Waals surface area contributed by atoms with Crippen LogP contribution >= 0.6 is 27.5 Å². The van der Waals surface area contributed by atoms with E-state index in [1.165, 1.54) is 6.07 Å². The summed E-state index contributed by atoms with van der Waals surface area (Å²) in [6.07, 6.45) is 0. The first-order chi connectivity index (χ1) is 9.08. The molecule has 0 aliphatic carbocycles. The Morgan fingerprint density at radius 2 is 2.11 bits per heavy atom. The summed E-state index contributed by atoms with van der Waals surface area (Å²) in [5, 5.41) is 8.36. The SMILES string of the molecule is Cc1nc(Cl)cc2nnc(-c3c(F)cccc3Br)n12. The molecule has 7 heteroatoms. The first-order valence-electron chi connectivity index (χ1n) is 5.40. The number of fused-ring (bicyclic) bond motifs is 1. The molecule has 1 aromatic carbocycles. The smallest absolute Gasteiger partial charge is 0.173 e. The molecule has 0 aliphatic rings. The van der Waals surface area contributed by atoms with Crippen LogP contribution in [0.25, 0.3) is 17.0 Å². The van der Waals surface area contributed by atoms with Crippen molar-refractivity contribution in [2.75, 3.05) is 0 Å². The lowest BCUT2D eigenvalue weighted by molar-refractivity contribution is 0.628. The van der Waals surface area contributed by atoms with E-state index >= 15 is 0 Å². The quantitative estimate of drug-likeness (QED) is 0.635. The third-order valence-corrected chi connectivity index (χ3v) is 3.57. The second-order valence-corrected chi connectivity index (χ2v) is 5.18. The lowest BCUT2D eigenvalue weighted by Crippen LogP contribution is -1.99. The molecule has 0 unspecified atom stereocenters. The van der Waals surface area contributed by atoms with E-state index in [4.69, 9.17) is 11.6 Å². The maximum absolute atomic E-state index is 14.0. The summed E-state index contributed by atoms with van der Waals surface area (Å²) in [6, 6.07) is 6.33. The Hall–Kier alpha value is -1.53. The van der Waals surface area contributed by atoms with Crippen molar-refractivity contribution in [3.63, 3.8) is 0 Å². The molecule has 0 saturated carbocycles. The van der Waals surface area contributed by atoms with Crippen LogP contribution in [0.4, 0.5) is 4.39 Å². The summed E-state index contributed by atoms with van der Waals surface area (Å²) < 4.78 is 16.3. The molecule has 0 fully saturated rings. The van der Waals surface area contributed by atoms with E-state index in [-0.39, 0.29) is 5.82 Å². The minimum atomic E-state index is -0.377. The molecular weight excluding hydrogens is 335 g/mol. The van der Waals surface area contributed by atoms with Crippen LogP contribution in [-0.2, 0) is 0 Å².